The zero-order valence-electron chi connectivity index (χ0n) is 21.1. The Kier molecular flexibility index (Phi) is 7.61. The van der Waals surface area contributed by atoms with Crippen LogP contribution in [0.3, 0.4) is 0 Å². The van der Waals surface area contributed by atoms with Crippen molar-refractivity contribution in [2.24, 2.45) is 5.92 Å². The van der Waals surface area contributed by atoms with Gasteiger partial charge >= 0.3 is 0 Å². The van der Waals surface area contributed by atoms with Crippen LogP contribution in [-0.2, 0) is 4.79 Å². The van der Waals surface area contributed by atoms with E-state index >= 15 is 0 Å². The molecule has 0 spiro atoms. The lowest BCUT2D eigenvalue weighted by molar-refractivity contribution is -0.117. The van der Waals surface area contributed by atoms with Crippen molar-refractivity contribution in [3.63, 3.8) is 0 Å². The summed E-state index contributed by atoms with van der Waals surface area (Å²) in [6, 6.07) is 13.9. The first kappa shape index (κ1) is 24.4. The van der Waals surface area contributed by atoms with Crippen molar-refractivity contribution in [2.45, 2.75) is 50.5 Å². The molecule has 1 amide bonds. The van der Waals surface area contributed by atoms with Gasteiger partial charge in [0, 0.05) is 35.8 Å². The lowest BCUT2D eigenvalue weighted by atomic mass is 9.84. The van der Waals surface area contributed by atoms with Crippen LogP contribution in [0.25, 0.3) is 17.0 Å². The highest BCUT2D eigenvalue weighted by Crippen LogP contribution is 2.34. The summed E-state index contributed by atoms with van der Waals surface area (Å²) in [5.74, 6) is 1.80. The molecular weight excluding hydrogens is 450 g/mol. The number of benzene rings is 2. The molecule has 2 fully saturated rings. The number of nitrogens with zero attached hydrogens (tertiary/aromatic N) is 1. The minimum Gasteiger partial charge on any atom is -0.504 e. The molecule has 36 heavy (non-hydrogen) atoms. The maximum Gasteiger partial charge on any atom is 0.244 e. The number of ether oxygens (including phenoxy) is 1. The maximum atomic E-state index is 12.4. The molecule has 0 radical (unpaired) electrons. The quantitative estimate of drug-likeness (QED) is 0.387. The number of phenolic OH excluding ortho intramolecular Hbond substituents is 1. The molecule has 190 valence electrons. The first-order chi connectivity index (χ1) is 17.6. The van der Waals surface area contributed by atoms with Crippen molar-refractivity contribution in [3.8, 4) is 11.5 Å². The van der Waals surface area contributed by atoms with Crippen molar-refractivity contribution < 1.29 is 14.6 Å². The first-order valence-electron chi connectivity index (χ1n) is 13.2. The number of para-hydroxylation sites is 1. The summed E-state index contributed by atoms with van der Waals surface area (Å²) in [6.07, 6.45) is 12.4. The average Bonchev–Trinajstić information content (AvgIpc) is 3.34. The highest BCUT2D eigenvalue weighted by Gasteiger charge is 2.27. The maximum absolute atomic E-state index is 12.4. The molecular formula is C30H37N3O3. The van der Waals surface area contributed by atoms with Gasteiger partial charge in [0.25, 0.3) is 0 Å². The number of rotatable bonds is 7. The number of hydrogen-bond donors (Lipinski definition) is 3. The van der Waals surface area contributed by atoms with Gasteiger partial charge in [0.15, 0.2) is 11.5 Å². The minimum atomic E-state index is -0.0650. The Hall–Kier alpha value is -3.25. The second kappa shape index (κ2) is 11.2. The Labute approximate surface area is 213 Å². The summed E-state index contributed by atoms with van der Waals surface area (Å²) in [6.45, 7) is 3.53. The molecule has 3 N–H and O–H groups in total. The van der Waals surface area contributed by atoms with Gasteiger partial charge in [-0.2, -0.15) is 0 Å². The number of nitrogens with one attached hydrogen (secondary N) is 2. The second-order valence-corrected chi connectivity index (χ2v) is 10.4. The van der Waals surface area contributed by atoms with E-state index in [1.807, 2.05) is 0 Å². The normalized spacial score (nSPS) is 21.7. The number of likely N-dealkylation sites (tertiary alicyclic amines) is 1. The van der Waals surface area contributed by atoms with E-state index in [-0.39, 0.29) is 17.7 Å². The minimum absolute atomic E-state index is 0.0650. The molecule has 1 aromatic heterocycles. The fraction of sp³-hybridized carbons (Fsp3) is 0.433. The van der Waals surface area contributed by atoms with Crippen LogP contribution in [0.15, 0.2) is 54.7 Å². The number of fused-ring (bicyclic) bond motifs is 1. The number of aromatic nitrogens is 1. The van der Waals surface area contributed by atoms with Gasteiger partial charge in [-0.05, 0) is 98.9 Å². The molecule has 1 aliphatic heterocycles. The molecule has 2 aromatic carbocycles. The number of aromatic amines is 1. The molecule has 0 unspecified atom stereocenters. The SMILES string of the molecule is COc1cc(/C=C/C(=O)NC2CCC(CN3CCC(c4c[nH]c5ccccc45)CC3)CC2)ccc1O. The predicted molar refractivity (Wildman–Crippen MR) is 144 cm³/mol. The van der Waals surface area contributed by atoms with Crippen molar-refractivity contribution in [1.29, 1.82) is 0 Å². The fourth-order valence-electron chi connectivity index (χ4n) is 5.93. The van der Waals surface area contributed by atoms with E-state index in [9.17, 15) is 9.90 Å². The third-order valence-corrected chi connectivity index (χ3v) is 7.99. The number of carbonyl (C=O) groups excluding carboxylic acids is 1. The number of H-pyrrole nitrogens is 1. The monoisotopic (exact) mass is 487 g/mol. The Balaban J connectivity index is 1.04. The molecule has 6 nitrogen and oxygen atoms in total. The number of piperidine rings is 1. The van der Waals surface area contributed by atoms with Gasteiger partial charge in [0.1, 0.15) is 0 Å². The van der Waals surface area contributed by atoms with Gasteiger partial charge in [-0.3, -0.25) is 4.79 Å². The summed E-state index contributed by atoms with van der Waals surface area (Å²) in [5.41, 5.74) is 3.55. The van der Waals surface area contributed by atoms with E-state index < -0.39 is 0 Å². The molecule has 1 saturated carbocycles. The third kappa shape index (κ3) is 5.76. The summed E-state index contributed by atoms with van der Waals surface area (Å²) < 4.78 is 5.13. The zero-order valence-corrected chi connectivity index (χ0v) is 21.1. The molecule has 5 rings (SSSR count). The molecule has 1 saturated heterocycles. The van der Waals surface area contributed by atoms with Crippen molar-refractivity contribution in [2.75, 3.05) is 26.7 Å². The summed E-state index contributed by atoms with van der Waals surface area (Å²) >= 11 is 0. The predicted octanol–water partition coefficient (Wildman–Crippen LogP) is 5.45. The van der Waals surface area contributed by atoms with Crippen LogP contribution in [0.4, 0.5) is 0 Å². The summed E-state index contributed by atoms with van der Waals surface area (Å²) in [5, 5.41) is 14.3. The molecule has 0 bridgehead atoms. The number of hydrogen-bond acceptors (Lipinski definition) is 4. The average molecular weight is 488 g/mol. The summed E-state index contributed by atoms with van der Waals surface area (Å²) in [7, 11) is 1.51. The van der Waals surface area contributed by atoms with E-state index in [0.29, 0.717) is 11.7 Å². The third-order valence-electron chi connectivity index (χ3n) is 7.99. The first-order valence-corrected chi connectivity index (χ1v) is 13.2. The van der Waals surface area contributed by atoms with Crippen LogP contribution in [0.1, 0.15) is 55.6 Å². The highest BCUT2D eigenvalue weighted by atomic mass is 16.5. The Morgan fingerprint density at radius 2 is 1.89 bits per heavy atom. The number of carbonyl (C=O) groups is 1. The van der Waals surface area contributed by atoms with E-state index in [1.165, 1.54) is 68.9 Å². The van der Waals surface area contributed by atoms with Crippen molar-refractivity contribution >= 4 is 22.9 Å². The molecule has 1 aliphatic carbocycles. The van der Waals surface area contributed by atoms with Crippen molar-refractivity contribution in [3.05, 3.63) is 65.9 Å². The lowest BCUT2D eigenvalue weighted by Gasteiger charge is -2.36. The van der Waals surface area contributed by atoms with E-state index in [1.54, 1.807) is 30.4 Å². The fourth-order valence-corrected chi connectivity index (χ4v) is 5.93. The van der Waals surface area contributed by atoms with E-state index in [4.69, 9.17) is 4.74 Å². The van der Waals surface area contributed by atoms with Crippen LogP contribution in [0.5, 0.6) is 11.5 Å². The molecule has 2 aliphatic rings. The van der Waals surface area contributed by atoms with Gasteiger partial charge in [-0.15, -0.1) is 0 Å². The number of methoxy groups -OCH3 is 1. The lowest BCUT2D eigenvalue weighted by Crippen LogP contribution is -2.41. The van der Waals surface area contributed by atoms with Crippen LogP contribution in [0.2, 0.25) is 0 Å². The van der Waals surface area contributed by atoms with Gasteiger partial charge in [-0.1, -0.05) is 24.3 Å². The Morgan fingerprint density at radius 1 is 1.11 bits per heavy atom. The topological polar surface area (TPSA) is 77.6 Å². The van der Waals surface area contributed by atoms with Gasteiger partial charge in [0.05, 0.1) is 7.11 Å². The Morgan fingerprint density at radius 3 is 2.67 bits per heavy atom. The molecule has 3 aromatic rings. The van der Waals surface area contributed by atoms with Crippen LogP contribution < -0.4 is 10.1 Å². The highest BCUT2D eigenvalue weighted by molar-refractivity contribution is 5.92. The van der Waals surface area contributed by atoms with E-state index in [0.717, 1.165) is 24.3 Å². The standard InChI is InChI=1S/C30H37N3O3/c1-36-29-18-21(8-12-28(29)34)9-13-30(35)32-24-10-6-22(7-11-24)20-33-16-14-23(15-17-33)26-19-31-27-5-3-2-4-25(26)27/h2-5,8-9,12-13,18-19,22-24,31,34H,6-7,10-11,14-17,20H2,1H3,(H,32,35)/b13-9+. The van der Waals surface area contributed by atoms with Gasteiger partial charge in [-0.25, -0.2) is 0 Å². The van der Waals surface area contributed by atoms with Gasteiger partial charge in [0.2, 0.25) is 5.91 Å². The zero-order chi connectivity index (χ0) is 24.9. The molecule has 2 heterocycles. The van der Waals surface area contributed by atoms with Crippen LogP contribution >= 0.6 is 0 Å². The van der Waals surface area contributed by atoms with E-state index in [2.05, 4.69) is 45.7 Å². The largest absolute Gasteiger partial charge is 0.504 e. The summed E-state index contributed by atoms with van der Waals surface area (Å²) in [4.78, 5) is 18.5. The number of aromatic hydroxyl groups is 1. The Bertz CT molecular complexity index is 1200. The molecule has 6 heteroatoms. The number of amides is 1. The molecule has 0 atom stereocenters. The van der Waals surface area contributed by atoms with Crippen molar-refractivity contribution in [1.82, 2.24) is 15.2 Å². The van der Waals surface area contributed by atoms with Crippen LogP contribution in [0, 0.1) is 5.92 Å². The van der Waals surface area contributed by atoms with Crippen LogP contribution in [-0.4, -0.2) is 53.7 Å². The number of phenols is 1. The smallest absolute Gasteiger partial charge is 0.244 e. The second-order valence-electron chi connectivity index (χ2n) is 10.4. The van der Waals surface area contributed by atoms with Gasteiger partial charge < -0.3 is 25.0 Å².